The third kappa shape index (κ3) is 4.57. The SMILES string of the molecule is COC(=O)CCNc1c(N)c(C(=O)c2ccc(C)cc2)nn1-c1ccc(Cl)cc1. The summed E-state index contributed by atoms with van der Waals surface area (Å²) >= 11 is 5.98. The molecule has 3 aromatic rings. The minimum absolute atomic E-state index is 0.129. The number of anilines is 2. The number of benzene rings is 2. The molecule has 0 saturated heterocycles. The molecule has 0 aliphatic rings. The molecule has 0 unspecified atom stereocenters. The molecule has 0 spiro atoms. The Kier molecular flexibility index (Phi) is 6.19. The van der Waals surface area contributed by atoms with Crippen LogP contribution in [0.2, 0.25) is 5.02 Å². The first-order chi connectivity index (χ1) is 13.9. The molecule has 0 bridgehead atoms. The fourth-order valence-electron chi connectivity index (χ4n) is 2.76. The van der Waals surface area contributed by atoms with E-state index >= 15 is 0 Å². The van der Waals surface area contributed by atoms with Crippen molar-refractivity contribution in [2.45, 2.75) is 13.3 Å². The normalized spacial score (nSPS) is 10.6. The molecule has 0 aliphatic heterocycles. The predicted octanol–water partition coefficient (Wildman–Crippen LogP) is 3.62. The minimum Gasteiger partial charge on any atom is -0.469 e. The number of ether oxygens (including phenoxy) is 1. The summed E-state index contributed by atoms with van der Waals surface area (Å²) in [6, 6.07) is 14.2. The number of aryl methyl sites for hydroxylation is 1. The van der Waals surface area contributed by atoms with E-state index in [1.165, 1.54) is 11.8 Å². The van der Waals surface area contributed by atoms with Gasteiger partial charge in [-0.2, -0.15) is 5.10 Å². The van der Waals surface area contributed by atoms with E-state index in [-0.39, 0.29) is 36.1 Å². The summed E-state index contributed by atoms with van der Waals surface area (Å²) in [4.78, 5) is 24.4. The van der Waals surface area contributed by atoms with Crippen LogP contribution in [-0.2, 0) is 9.53 Å². The van der Waals surface area contributed by atoms with E-state index in [0.717, 1.165) is 5.56 Å². The Labute approximate surface area is 173 Å². The zero-order chi connectivity index (χ0) is 21.0. The number of halogens is 1. The van der Waals surface area contributed by atoms with Gasteiger partial charge in [-0.3, -0.25) is 9.59 Å². The highest BCUT2D eigenvalue weighted by Gasteiger charge is 2.23. The highest BCUT2D eigenvalue weighted by molar-refractivity contribution is 6.30. The first kappa shape index (κ1) is 20.4. The third-order valence-corrected chi connectivity index (χ3v) is 4.62. The molecule has 8 heteroatoms. The van der Waals surface area contributed by atoms with Crippen molar-refractivity contribution in [3.05, 3.63) is 70.4 Å². The van der Waals surface area contributed by atoms with Gasteiger partial charge in [-0.15, -0.1) is 0 Å². The number of hydrogen-bond acceptors (Lipinski definition) is 6. The summed E-state index contributed by atoms with van der Waals surface area (Å²) in [5, 5.41) is 8.11. The maximum absolute atomic E-state index is 13.0. The van der Waals surface area contributed by atoms with Crippen LogP contribution in [0.3, 0.4) is 0 Å². The number of nitrogen functional groups attached to an aromatic ring is 1. The van der Waals surface area contributed by atoms with E-state index in [9.17, 15) is 9.59 Å². The van der Waals surface area contributed by atoms with Gasteiger partial charge >= 0.3 is 5.97 Å². The number of carbonyl (C=O) groups is 2. The Morgan fingerprint density at radius 2 is 1.79 bits per heavy atom. The molecule has 1 heterocycles. The Bertz CT molecular complexity index is 1030. The Morgan fingerprint density at radius 1 is 1.14 bits per heavy atom. The number of nitrogens with zero attached hydrogens (tertiary/aromatic N) is 2. The highest BCUT2D eigenvalue weighted by Crippen LogP contribution is 2.29. The molecule has 29 heavy (non-hydrogen) atoms. The lowest BCUT2D eigenvalue weighted by atomic mass is 10.1. The molecule has 0 amide bonds. The van der Waals surface area contributed by atoms with Crippen LogP contribution in [0.15, 0.2) is 48.5 Å². The summed E-state index contributed by atoms with van der Waals surface area (Å²) in [5.74, 6) is -0.220. The molecule has 0 radical (unpaired) electrons. The van der Waals surface area contributed by atoms with Gasteiger partial charge in [0.2, 0.25) is 5.78 Å². The number of nitrogens with one attached hydrogen (secondary N) is 1. The van der Waals surface area contributed by atoms with Crippen LogP contribution < -0.4 is 11.1 Å². The molecule has 150 valence electrons. The molecule has 0 atom stereocenters. The van der Waals surface area contributed by atoms with Crippen LogP contribution in [0, 0.1) is 6.92 Å². The topological polar surface area (TPSA) is 99.2 Å². The Balaban J connectivity index is 2.00. The van der Waals surface area contributed by atoms with E-state index in [4.69, 9.17) is 17.3 Å². The lowest BCUT2D eigenvalue weighted by Gasteiger charge is -2.10. The highest BCUT2D eigenvalue weighted by atomic mass is 35.5. The number of rotatable bonds is 7. The average Bonchev–Trinajstić information content (AvgIpc) is 3.05. The van der Waals surface area contributed by atoms with Crippen LogP contribution in [0.1, 0.15) is 28.0 Å². The quantitative estimate of drug-likeness (QED) is 0.454. The van der Waals surface area contributed by atoms with Gasteiger partial charge in [0.05, 0.1) is 19.2 Å². The Hall–Kier alpha value is -3.32. The van der Waals surface area contributed by atoms with Gasteiger partial charge in [0.15, 0.2) is 11.5 Å². The zero-order valence-electron chi connectivity index (χ0n) is 16.1. The van der Waals surface area contributed by atoms with Gasteiger partial charge in [-0.25, -0.2) is 4.68 Å². The maximum atomic E-state index is 13.0. The van der Waals surface area contributed by atoms with E-state index in [2.05, 4.69) is 15.2 Å². The van der Waals surface area contributed by atoms with Crippen LogP contribution in [-0.4, -0.2) is 35.2 Å². The fourth-order valence-corrected chi connectivity index (χ4v) is 2.89. The fraction of sp³-hybridized carbons (Fsp3) is 0.190. The van der Waals surface area contributed by atoms with E-state index in [1.807, 2.05) is 19.1 Å². The van der Waals surface area contributed by atoms with E-state index in [0.29, 0.717) is 22.1 Å². The van der Waals surface area contributed by atoms with Crippen molar-refractivity contribution in [2.24, 2.45) is 0 Å². The molecule has 3 N–H and O–H groups in total. The molecule has 1 aromatic heterocycles. The van der Waals surface area contributed by atoms with Crippen LogP contribution in [0.4, 0.5) is 11.5 Å². The van der Waals surface area contributed by atoms with Gasteiger partial charge in [-0.1, -0.05) is 41.4 Å². The second-order valence-corrected chi connectivity index (χ2v) is 6.88. The number of ketones is 1. The molecule has 0 aliphatic carbocycles. The van der Waals surface area contributed by atoms with Gasteiger partial charge in [0.1, 0.15) is 5.69 Å². The molecule has 0 saturated carbocycles. The first-order valence-electron chi connectivity index (χ1n) is 8.97. The summed E-state index contributed by atoms with van der Waals surface area (Å²) in [6.45, 7) is 2.22. The summed E-state index contributed by atoms with van der Waals surface area (Å²) in [7, 11) is 1.33. The number of esters is 1. The molecule has 2 aromatic carbocycles. The predicted molar refractivity (Wildman–Crippen MR) is 113 cm³/mol. The summed E-state index contributed by atoms with van der Waals surface area (Å²) in [5.41, 5.74) is 8.82. The van der Waals surface area contributed by atoms with Crippen LogP contribution >= 0.6 is 11.6 Å². The largest absolute Gasteiger partial charge is 0.469 e. The number of hydrogen-bond donors (Lipinski definition) is 2. The lowest BCUT2D eigenvalue weighted by Crippen LogP contribution is -2.13. The molecule has 3 rings (SSSR count). The van der Waals surface area contributed by atoms with Gasteiger partial charge in [0.25, 0.3) is 0 Å². The standard InChI is InChI=1S/C21H21ClN4O3/c1-13-3-5-14(6-4-13)20(28)19-18(23)21(24-12-11-17(27)29-2)26(25-19)16-9-7-15(22)8-10-16/h3-10,24H,11-12,23H2,1-2H3. The van der Waals surface area contributed by atoms with Crippen molar-refractivity contribution in [1.29, 1.82) is 0 Å². The first-order valence-corrected chi connectivity index (χ1v) is 9.35. The molecule has 0 fully saturated rings. The summed E-state index contributed by atoms with van der Waals surface area (Å²) in [6.07, 6.45) is 0.142. The second-order valence-electron chi connectivity index (χ2n) is 6.45. The molecule has 7 nitrogen and oxygen atoms in total. The lowest BCUT2D eigenvalue weighted by molar-refractivity contribution is -0.140. The summed E-state index contributed by atoms with van der Waals surface area (Å²) < 4.78 is 6.19. The maximum Gasteiger partial charge on any atom is 0.307 e. The van der Waals surface area contributed by atoms with Crippen molar-refractivity contribution in [3.63, 3.8) is 0 Å². The minimum atomic E-state index is -0.357. The second kappa shape index (κ2) is 8.79. The number of methoxy groups -OCH3 is 1. The van der Waals surface area contributed by atoms with Crippen LogP contribution in [0.5, 0.6) is 0 Å². The number of carbonyl (C=O) groups excluding carboxylic acids is 2. The van der Waals surface area contributed by atoms with Gasteiger partial charge < -0.3 is 15.8 Å². The van der Waals surface area contributed by atoms with Crippen LogP contribution in [0.25, 0.3) is 5.69 Å². The Morgan fingerprint density at radius 3 is 2.41 bits per heavy atom. The van der Waals surface area contributed by atoms with Gasteiger partial charge in [-0.05, 0) is 31.2 Å². The van der Waals surface area contributed by atoms with Crippen molar-refractivity contribution in [1.82, 2.24) is 9.78 Å². The number of nitrogens with two attached hydrogens (primary N) is 1. The molecular weight excluding hydrogens is 392 g/mol. The smallest absolute Gasteiger partial charge is 0.307 e. The average molecular weight is 413 g/mol. The third-order valence-electron chi connectivity index (χ3n) is 4.37. The van der Waals surface area contributed by atoms with E-state index < -0.39 is 0 Å². The van der Waals surface area contributed by atoms with Crippen molar-refractivity contribution >= 4 is 34.9 Å². The van der Waals surface area contributed by atoms with Gasteiger partial charge in [0, 0.05) is 17.1 Å². The van der Waals surface area contributed by atoms with Crippen molar-refractivity contribution in [3.8, 4) is 5.69 Å². The van der Waals surface area contributed by atoms with E-state index in [1.54, 1.807) is 36.4 Å². The molecular formula is C21H21ClN4O3. The van der Waals surface area contributed by atoms with Crippen molar-refractivity contribution < 1.29 is 14.3 Å². The van der Waals surface area contributed by atoms with Crippen molar-refractivity contribution in [2.75, 3.05) is 24.7 Å². The zero-order valence-corrected chi connectivity index (χ0v) is 16.9. The monoisotopic (exact) mass is 412 g/mol. The number of aromatic nitrogens is 2.